The van der Waals surface area contributed by atoms with E-state index in [1.807, 2.05) is 0 Å². The molecule has 23 heavy (non-hydrogen) atoms. The third-order valence-corrected chi connectivity index (χ3v) is 4.63. The summed E-state index contributed by atoms with van der Waals surface area (Å²) in [5, 5.41) is 10.4. The van der Waals surface area contributed by atoms with Gasteiger partial charge in [-0.2, -0.15) is 8.42 Å². The first-order valence-electron chi connectivity index (χ1n) is 6.73. The average molecular weight is 328 g/mol. The van der Waals surface area contributed by atoms with Gasteiger partial charge in [-0.05, 0) is 23.6 Å². The van der Waals surface area contributed by atoms with E-state index in [0.717, 1.165) is 5.39 Å². The van der Waals surface area contributed by atoms with E-state index in [4.69, 9.17) is 9.29 Å². The molecule has 0 amide bonds. The summed E-state index contributed by atoms with van der Waals surface area (Å²) >= 11 is 0. The van der Waals surface area contributed by atoms with Crippen LogP contribution in [0.4, 0.5) is 0 Å². The lowest BCUT2D eigenvalue weighted by atomic mass is 10.1. The Hall–Kier alpha value is -2.86. The number of carboxylic acid groups (broad SMARTS) is 1. The van der Waals surface area contributed by atoms with Crippen molar-refractivity contribution in [3.05, 3.63) is 72.3 Å². The highest BCUT2D eigenvalue weighted by atomic mass is 32.2. The molecule has 5 nitrogen and oxygen atoms in total. The molecule has 3 aromatic carbocycles. The van der Waals surface area contributed by atoms with Gasteiger partial charge in [-0.25, -0.2) is 4.79 Å². The van der Waals surface area contributed by atoms with Crippen LogP contribution in [0.1, 0.15) is 10.4 Å². The van der Waals surface area contributed by atoms with E-state index in [9.17, 15) is 13.2 Å². The zero-order valence-corrected chi connectivity index (χ0v) is 12.7. The van der Waals surface area contributed by atoms with E-state index in [0.29, 0.717) is 5.39 Å². The summed E-state index contributed by atoms with van der Waals surface area (Å²) in [5.41, 5.74) is -0.212. The van der Waals surface area contributed by atoms with Gasteiger partial charge in [0.1, 0.15) is 10.5 Å². The first-order valence-corrected chi connectivity index (χ1v) is 8.14. The van der Waals surface area contributed by atoms with E-state index in [1.54, 1.807) is 36.4 Å². The van der Waals surface area contributed by atoms with E-state index < -0.39 is 16.1 Å². The van der Waals surface area contributed by atoms with Crippen molar-refractivity contribution >= 4 is 26.9 Å². The Morgan fingerprint density at radius 1 is 0.870 bits per heavy atom. The van der Waals surface area contributed by atoms with Crippen molar-refractivity contribution in [2.24, 2.45) is 0 Å². The second-order valence-corrected chi connectivity index (χ2v) is 6.33. The fraction of sp³-hybridized carbons (Fsp3) is 0. The first-order chi connectivity index (χ1) is 11.0. The summed E-state index contributed by atoms with van der Waals surface area (Å²) in [6, 6.07) is 17.5. The molecule has 0 saturated carbocycles. The summed E-state index contributed by atoms with van der Waals surface area (Å²) in [5.74, 6) is -1.47. The number of rotatable bonds is 4. The van der Waals surface area contributed by atoms with Crippen LogP contribution in [0.25, 0.3) is 10.8 Å². The molecule has 0 aliphatic heterocycles. The van der Waals surface area contributed by atoms with Gasteiger partial charge in [0.15, 0.2) is 5.75 Å². The van der Waals surface area contributed by atoms with Crippen LogP contribution in [0.15, 0.2) is 71.6 Å². The number of fused-ring (bicyclic) bond motifs is 1. The molecule has 0 saturated heterocycles. The van der Waals surface area contributed by atoms with Gasteiger partial charge in [0.2, 0.25) is 0 Å². The third-order valence-electron chi connectivity index (χ3n) is 3.34. The van der Waals surface area contributed by atoms with Crippen molar-refractivity contribution in [2.45, 2.75) is 4.90 Å². The Morgan fingerprint density at radius 3 is 2.30 bits per heavy atom. The molecule has 0 aliphatic rings. The largest absolute Gasteiger partial charge is 0.478 e. The van der Waals surface area contributed by atoms with E-state index >= 15 is 0 Å². The molecule has 0 radical (unpaired) electrons. The summed E-state index contributed by atoms with van der Waals surface area (Å²) < 4.78 is 30.2. The summed E-state index contributed by atoms with van der Waals surface area (Å²) in [6.45, 7) is 0. The molecule has 0 fully saturated rings. The van der Waals surface area contributed by atoms with Gasteiger partial charge >= 0.3 is 16.1 Å². The number of hydrogen-bond acceptors (Lipinski definition) is 4. The molecule has 3 rings (SSSR count). The normalized spacial score (nSPS) is 11.3. The van der Waals surface area contributed by atoms with Crippen molar-refractivity contribution in [3.8, 4) is 5.75 Å². The van der Waals surface area contributed by atoms with Crippen LogP contribution < -0.4 is 4.18 Å². The number of benzene rings is 3. The zero-order valence-electron chi connectivity index (χ0n) is 11.8. The molecule has 3 aromatic rings. The lowest BCUT2D eigenvalue weighted by Gasteiger charge is -2.11. The van der Waals surface area contributed by atoms with Crippen molar-refractivity contribution in [1.82, 2.24) is 0 Å². The highest BCUT2D eigenvalue weighted by Crippen LogP contribution is 2.27. The Kier molecular flexibility index (Phi) is 3.75. The quantitative estimate of drug-likeness (QED) is 0.743. The molecule has 0 heterocycles. The minimum Gasteiger partial charge on any atom is -0.478 e. The predicted octanol–water partition coefficient (Wildman–Crippen LogP) is 3.31. The molecule has 0 aliphatic carbocycles. The van der Waals surface area contributed by atoms with Crippen LogP contribution in [0.2, 0.25) is 0 Å². The van der Waals surface area contributed by atoms with Crippen molar-refractivity contribution in [1.29, 1.82) is 0 Å². The maximum absolute atomic E-state index is 12.6. The summed E-state index contributed by atoms with van der Waals surface area (Å²) in [7, 11) is -4.16. The minimum absolute atomic E-state index is 0.00390. The maximum Gasteiger partial charge on any atom is 0.339 e. The molecule has 116 valence electrons. The molecular weight excluding hydrogens is 316 g/mol. The smallest absolute Gasteiger partial charge is 0.339 e. The topological polar surface area (TPSA) is 80.7 Å². The molecule has 0 unspecified atom stereocenters. The molecule has 0 bridgehead atoms. The van der Waals surface area contributed by atoms with Gasteiger partial charge < -0.3 is 9.29 Å². The average Bonchev–Trinajstić information content (AvgIpc) is 2.54. The number of carboxylic acids is 1. The number of para-hydroxylation sites is 1. The third kappa shape index (κ3) is 2.89. The minimum atomic E-state index is -4.16. The monoisotopic (exact) mass is 328 g/mol. The van der Waals surface area contributed by atoms with Crippen LogP contribution in [-0.2, 0) is 10.1 Å². The second-order valence-electron chi connectivity index (χ2n) is 4.82. The van der Waals surface area contributed by atoms with Gasteiger partial charge in [0.05, 0.1) is 0 Å². The molecular formula is C17H12O5S. The fourth-order valence-corrected chi connectivity index (χ4v) is 3.46. The Balaban J connectivity index is 2.11. The highest BCUT2D eigenvalue weighted by molar-refractivity contribution is 7.87. The molecule has 0 aromatic heterocycles. The van der Waals surface area contributed by atoms with Crippen LogP contribution in [0, 0.1) is 0 Å². The van der Waals surface area contributed by atoms with Gasteiger partial charge in [0.25, 0.3) is 0 Å². The van der Waals surface area contributed by atoms with Gasteiger partial charge in [0, 0.05) is 5.39 Å². The van der Waals surface area contributed by atoms with Crippen molar-refractivity contribution < 1.29 is 22.5 Å². The van der Waals surface area contributed by atoms with Crippen molar-refractivity contribution in [3.63, 3.8) is 0 Å². The van der Waals surface area contributed by atoms with Gasteiger partial charge in [-0.1, -0.05) is 48.5 Å². The van der Waals surface area contributed by atoms with Crippen LogP contribution in [0.5, 0.6) is 5.75 Å². The van der Waals surface area contributed by atoms with E-state index in [2.05, 4.69) is 0 Å². The van der Waals surface area contributed by atoms with E-state index in [1.165, 1.54) is 30.3 Å². The number of carbonyl (C=O) groups is 1. The zero-order chi connectivity index (χ0) is 16.4. The first kappa shape index (κ1) is 15.1. The number of aromatic carboxylic acids is 1. The SMILES string of the molecule is O=C(O)c1ccccc1OS(=O)(=O)c1cccc2ccccc12. The Bertz CT molecular complexity index is 987. The van der Waals surface area contributed by atoms with Crippen LogP contribution in [0.3, 0.4) is 0 Å². The highest BCUT2D eigenvalue weighted by Gasteiger charge is 2.22. The Labute approximate surface area is 132 Å². The molecule has 6 heteroatoms. The fourth-order valence-electron chi connectivity index (χ4n) is 2.29. The standard InChI is InChI=1S/C17H12O5S/c18-17(19)14-9-3-4-10-15(14)22-23(20,21)16-11-5-7-12-6-1-2-8-13(12)16/h1-11H,(H,18,19). The summed E-state index contributed by atoms with van der Waals surface area (Å²) in [6.07, 6.45) is 0. The van der Waals surface area contributed by atoms with Crippen molar-refractivity contribution in [2.75, 3.05) is 0 Å². The summed E-state index contributed by atoms with van der Waals surface area (Å²) in [4.78, 5) is 11.2. The van der Waals surface area contributed by atoms with E-state index in [-0.39, 0.29) is 16.2 Å². The maximum atomic E-state index is 12.6. The van der Waals surface area contributed by atoms with Crippen LogP contribution in [-0.4, -0.2) is 19.5 Å². The van der Waals surface area contributed by atoms with Crippen LogP contribution >= 0.6 is 0 Å². The molecule has 0 atom stereocenters. The lowest BCUT2D eigenvalue weighted by Crippen LogP contribution is -2.12. The number of hydrogen-bond donors (Lipinski definition) is 1. The second kappa shape index (κ2) is 5.73. The Morgan fingerprint density at radius 2 is 1.52 bits per heavy atom. The molecule has 1 N–H and O–H groups in total. The van der Waals surface area contributed by atoms with Gasteiger partial charge in [-0.15, -0.1) is 0 Å². The lowest BCUT2D eigenvalue weighted by molar-refractivity contribution is 0.0695. The molecule has 0 spiro atoms. The van der Waals surface area contributed by atoms with Gasteiger partial charge in [-0.3, -0.25) is 0 Å². The predicted molar refractivity (Wildman–Crippen MR) is 85.2 cm³/mol.